The molecule has 0 heterocycles. The minimum atomic E-state index is -0.514. The van der Waals surface area contributed by atoms with Gasteiger partial charge in [0.05, 0.1) is 0 Å². The van der Waals surface area contributed by atoms with Gasteiger partial charge in [-0.1, -0.05) is 13.0 Å². The van der Waals surface area contributed by atoms with E-state index >= 15 is 0 Å². The first-order chi connectivity index (χ1) is 7.70. The van der Waals surface area contributed by atoms with Gasteiger partial charge in [0.25, 0.3) is 5.91 Å². The Kier molecular flexibility index (Phi) is 3.13. The summed E-state index contributed by atoms with van der Waals surface area (Å²) in [6.07, 6.45) is 3.57. The van der Waals surface area contributed by atoms with Gasteiger partial charge >= 0.3 is 0 Å². The number of hydrogen-bond acceptors (Lipinski definition) is 2. The second-order valence-corrected chi connectivity index (χ2v) is 4.20. The van der Waals surface area contributed by atoms with Gasteiger partial charge in [-0.15, -0.1) is 0 Å². The summed E-state index contributed by atoms with van der Waals surface area (Å²) in [5.41, 5.74) is 7.99. The number of carbonyl (C=O) groups excluding carboxylic acids is 1. The predicted octanol–water partition coefficient (Wildman–Crippen LogP) is 1.82. The molecule has 2 rings (SSSR count). The Morgan fingerprint density at radius 1 is 1.44 bits per heavy atom. The summed E-state index contributed by atoms with van der Waals surface area (Å²) < 4.78 is 5.58. The Bertz CT molecular complexity index is 401. The van der Waals surface area contributed by atoms with Crippen LogP contribution in [-0.4, -0.2) is 12.0 Å². The van der Waals surface area contributed by atoms with Gasteiger partial charge in [0.15, 0.2) is 6.10 Å². The van der Waals surface area contributed by atoms with Crippen LogP contribution in [0.2, 0.25) is 0 Å². The minimum absolute atomic E-state index is 0.400. The summed E-state index contributed by atoms with van der Waals surface area (Å²) >= 11 is 0. The average Bonchev–Trinajstić information content (AvgIpc) is 2.72. The van der Waals surface area contributed by atoms with Gasteiger partial charge in [0, 0.05) is 0 Å². The highest BCUT2D eigenvalue weighted by Crippen LogP contribution is 2.26. The van der Waals surface area contributed by atoms with Crippen LogP contribution >= 0.6 is 0 Å². The van der Waals surface area contributed by atoms with Crippen LogP contribution in [0.1, 0.15) is 30.9 Å². The molecule has 1 aromatic carbocycles. The molecule has 0 aromatic heterocycles. The molecule has 0 radical (unpaired) electrons. The van der Waals surface area contributed by atoms with Crippen molar-refractivity contribution in [1.82, 2.24) is 0 Å². The zero-order chi connectivity index (χ0) is 11.5. The lowest BCUT2D eigenvalue weighted by molar-refractivity contribution is -0.124. The highest BCUT2D eigenvalue weighted by molar-refractivity contribution is 5.79. The molecule has 3 nitrogen and oxygen atoms in total. The van der Waals surface area contributed by atoms with Crippen LogP contribution in [-0.2, 0) is 17.6 Å². The molecule has 0 bridgehead atoms. The maximum Gasteiger partial charge on any atom is 0.258 e. The molecule has 1 aliphatic rings. The van der Waals surface area contributed by atoms with Crippen molar-refractivity contribution in [3.63, 3.8) is 0 Å². The smallest absolute Gasteiger partial charge is 0.258 e. The van der Waals surface area contributed by atoms with E-state index in [4.69, 9.17) is 10.5 Å². The Morgan fingerprint density at radius 3 is 2.88 bits per heavy atom. The molecule has 0 saturated heterocycles. The second kappa shape index (κ2) is 4.56. The van der Waals surface area contributed by atoms with Crippen LogP contribution in [0.3, 0.4) is 0 Å². The summed E-state index contributed by atoms with van der Waals surface area (Å²) in [7, 11) is 0. The van der Waals surface area contributed by atoms with Gasteiger partial charge in [0.1, 0.15) is 5.75 Å². The van der Waals surface area contributed by atoms with E-state index in [0.717, 1.165) is 18.6 Å². The standard InChI is InChI=1S/C13H17NO2/c1-2-12(13(14)15)16-11-7-6-9-4-3-5-10(9)8-11/h6-8,12H,2-5H2,1H3,(H2,14,15)/t12-/m1/s1. The number of carbonyl (C=O) groups is 1. The zero-order valence-electron chi connectivity index (χ0n) is 9.53. The number of ether oxygens (including phenoxy) is 1. The molecule has 1 aliphatic carbocycles. The van der Waals surface area contributed by atoms with Crippen molar-refractivity contribution in [2.45, 2.75) is 38.7 Å². The van der Waals surface area contributed by atoms with E-state index in [-0.39, 0.29) is 0 Å². The summed E-state index contributed by atoms with van der Waals surface area (Å²) in [4.78, 5) is 11.1. The number of hydrogen-bond donors (Lipinski definition) is 1. The number of rotatable bonds is 4. The molecule has 1 aromatic rings. The average molecular weight is 219 g/mol. The van der Waals surface area contributed by atoms with Gasteiger partial charge in [-0.25, -0.2) is 0 Å². The van der Waals surface area contributed by atoms with Gasteiger partial charge in [0.2, 0.25) is 0 Å². The van der Waals surface area contributed by atoms with E-state index in [1.807, 2.05) is 19.1 Å². The monoisotopic (exact) mass is 219 g/mol. The van der Waals surface area contributed by atoms with Crippen molar-refractivity contribution < 1.29 is 9.53 Å². The summed E-state index contributed by atoms with van der Waals surface area (Å²) in [6.45, 7) is 1.89. The van der Waals surface area contributed by atoms with Crippen molar-refractivity contribution in [1.29, 1.82) is 0 Å². The molecule has 1 atom stereocenters. The van der Waals surface area contributed by atoms with Crippen molar-refractivity contribution in [2.75, 3.05) is 0 Å². The molecule has 0 unspecified atom stereocenters. The second-order valence-electron chi connectivity index (χ2n) is 4.20. The quantitative estimate of drug-likeness (QED) is 0.839. The fraction of sp³-hybridized carbons (Fsp3) is 0.462. The zero-order valence-corrected chi connectivity index (χ0v) is 9.53. The van der Waals surface area contributed by atoms with E-state index in [0.29, 0.717) is 6.42 Å². The van der Waals surface area contributed by atoms with Crippen LogP contribution in [0.25, 0.3) is 0 Å². The summed E-state index contributed by atoms with van der Waals surface area (Å²) in [5, 5.41) is 0. The number of aryl methyl sites for hydroxylation is 2. The molecule has 3 heteroatoms. The van der Waals surface area contributed by atoms with E-state index in [9.17, 15) is 4.79 Å². The topological polar surface area (TPSA) is 52.3 Å². The fourth-order valence-corrected chi connectivity index (χ4v) is 2.13. The Labute approximate surface area is 95.6 Å². The van der Waals surface area contributed by atoms with E-state index in [2.05, 4.69) is 6.07 Å². The van der Waals surface area contributed by atoms with Crippen LogP contribution in [0.15, 0.2) is 18.2 Å². The summed E-state index contributed by atoms with van der Waals surface area (Å²) in [6, 6.07) is 6.05. The SMILES string of the molecule is CC[C@@H](Oc1ccc2c(c1)CCC2)C(N)=O. The largest absolute Gasteiger partial charge is 0.481 e. The van der Waals surface area contributed by atoms with Crippen molar-refractivity contribution in [3.05, 3.63) is 29.3 Å². The molecule has 2 N–H and O–H groups in total. The van der Waals surface area contributed by atoms with Gasteiger partial charge in [-0.05, 0) is 48.9 Å². The predicted molar refractivity (Wildman–Crippen MR) is 62.4 cm³/mol. The first-order valence-electron chi connectivity index (χ1n) is 5.78. The van der Waals surface area contributed by atoms with Gasteiger partial charge in [-0.2, -0.15) is 0 Å². The van der Waals surface area contributed by atoms with Gasteiger partial charge in [-0.3, -0.25) is 4.79 Å². The third-order valence-corrected chi connectivity index (χ3v) is 3.04. The van der Waals surface area contributed by atoms with Crippen LogP contribution < -0.4 is 10.5 Å². The van der Waals surface area contributed by atoms with Crippen LogP contribution in [0, 0.1) is 0 Å². The number of amides is 1. The molecule has 0 aliphatic heterocycles. The van der Waals surface area contributed by atoms with E-state index in [1.54, 1.807) is 0 Å². The molecule has 16 heavy (non-hydrogen) atoms. The molecule has 1 amide bonds. The maximum absolute atomic E-state index is 11.1. The molecule has 0 fully saturated rings. The lowest BCUT2D eigenvalue weighted by Crippen LogP contribution is -2.32. The Hall–Kier alpha value is -1.51. The minimum Gasteiger partial charge on any atom is -0.481 e. The van der Waals surface area contributed by atoms with Crippen LogP contribution in [0.4, 0.5) is 0 Å². The normalized spacial score (nSPS) is 15.6. The third-order valence-electron chi connectivity index (χ3n) is 3.04. The summed E-state index contributed by atoms with van der Waals surface area (Å²) in [5.74, 6) is 0.356. The van der Waals surface area contributed by atoms with Gasteiger partial charge < -0.3 is 10.5 Å². The number of nitrogens with two attached hydrogens (primary N) is 1. The maximum atomic E-state index is 11.1. The third kappa shape index (κ3) is 2.18. The van der Waals surface area contributed by atoms with Crippen molar-refractivity contribution in [2.24, 2.45) is 5.73 Å². The first-order valence-corrected chi connectivity index (χ1v) is 5.78. The number of benzene rings is 1. The van der Waals surface area contributed by atoms with Crippen molar-refractivity contribution in [3.8, 4) is 5.75 Å². The lowest BCUT2D eigenvalue weighted by atomic mass is 10.1. The highest BCUT2D eigenvalue weighted by Gasteiger charge is 2.16. The lowest BCUT2D eigenvalue weighted by Gasteiger charge is -2.14. The molecular weight excluding hydrogens is 202 g/mol. The number of primary amides is 1. The first kappa shape index (κ1) is 11.0. The highest BCUT2D eigenvalue weighted by atomic mass is 16.5. The number of fused-ring (bicyclic) bond motifs is 1. The molecule has 86 valence electrons. The molecule has 0 saturated carbocycles. The van der Waals surface area contributed by atoms with E-state index in [1.165, 1.54) is 17.5 Å². The fourth-order valence-electron chi connectivity index (χ4n) is 2.13. The van der Waals surface area contributed by atoms with Crippen LogP contribution in [0.5, 0.6) is 5.75 Å². The van der Waals surface area contributed by atoms with Crippen molar-refractivity contribution >= 4 is 5.91 Å². The Balaban J connectivity index is 2.13. The van der Waals surface area contributed by atoms with E-state index < -0.39 is 12.0 Å². The Morgan fingerprint density at radius 2 is 2.19 bits per heavy atom. The molecule has 0 spiro atoms. The molecular formula is C13H17NO2.